The van der Waals surface area contributed by atoms with E-state index in [1.54, 1.807) is 24.5 Å². The van der Waals surface area contributed by atoms with E-state index in [2.05, 4.69) is 48.7 Å². The van der Waals surface area contributed by atoms with Crippen molar-refractivity contribution in [2.75, 3.05) is 0 Å². The summed E-state index contributed by atoms with van der Waals surface area (Å²) in [4.78, 5) is 18.2. The van der Waals surface area contributed by atoms with Crippen molar-refractivity contribution >= 4 is 16.8 Å². The summed E-state index contributed by atoms with van der Waals surface area (Å²) in [5.74, 6) is 1.15. The third-order valence-electron chi connectivity index (χ3n) is 7.78. The molecular weight excluding hydrogens is 635 g/mol. The van der Waals surface area contributed by atoms with Crippen molar-refractivity contribution in [1.82, 2.24) is 15.0 Å². The van der Waals surface area contributed by atoms with Gasteiger partial charge < -0.3 is 19.6 Å². The van der Waals surface area contributed by atoms with Crippen molar-refractivity contribution in [3.8, 4) is 17.5 Å². The number of phenols is 1. The number of nitrogens with zero attached hydrogens (tertiary/aromatic N) is 4. The molecule has 2 atom stereocenters. The zero-order valence-electron chi connectivity index (χ0n) is 20.6. The summed E-state index contributed by atoms with van der Waals surface area (Å²) >= 11 is 0. The van der Waals surface area contributed by atoms with Crippen LogP contribution in [0.2, 0.25) is 0 Å². The van der Waals surface area contributed by atoms with Crippen LogP contribution in [0.5, 0.6) is 17.5 Å². The van der Waals surface area contributed by atoms with E-state index in [4.69, 9.17) is 14.5 Å². The first kappa shape index (κ1) is 24.4. The van der Waals surface area contributed by atoms with Crippen molar-refractivity contribution in [2.45, 2.75) is 51.2 Å². The second-order valence-electron chi connectivity index (χ2n) is 10.1. The Morgan fingerprint density at radius 1 is 1.00 bits per heavy atom. The molecule has 8 heteroatoms. The molecule has 0 spiro atoms. The summed E-state index contributed by atoms with van der Waals surface area (Å²) in [6.07, 6.45) is 5.35. The number of ether oxygens (including phenoxy) is 2. The van der Waals surface area contributed by atoms with E-state index >= 15 is 0 Å². The molecule has 0 saturated heterocycles. The molecule has 1 aliphatic heterocycles. The first-order valence-corrected chi connectivity index (χ1v) is 11.5. The van der Waals surface area contributed by atoms with Crippen LogP contribution in [-0.4, -0.2) is 31.5 Å². The van der Waals surface area contributed by atoms with Crippen LogP contribution in [0.15, 0.2) is 60.0 Å². The Balaban J connectivity index is 0.00000267. The maximum atomic E-state index is 10.3. The minimum atomic E-state index is -0.641. The van der Waals surface area contributed by atoms with E-state index in [9.17, 15) is 5.11 Å². The van der Waals surface area contributed by atoms with Gasteiger partial charge in [-0.05, 0) is 62.4 Å². The topological polar surface area (TPSA) is 89.7 Å². The molecule has 1 aliphatic carbocycles. The summed E-state index contributed by atoms with van der Waals surface area (Å²) in [5.41, 5.74) is 2.87. The molecule has 6 rings (SSSR count). The molecule has 0 radical (unpaired) electrons. The van der Waals surface area contributed by atoms with Crippen LogP contribution in [0.25, 0.3) is 10.9 Å². The molecule has 0 amide bonds. The summed E-state index contributed by atoms with van der Waals surface area (Å²) in [7, 11) is 0. The number of hydrogen-bond donors (Lipinski definition) is 1. The molecule has 36 heavy (non-hydrogen) atoms. The SMILES string of the molecule is Cc1cc(O)c2nc(Oc3[c-]c(C4=N[C@@]5(C)C(C)(C)c6cnccc6[C@@]5(C)O4)ccn3)ccc2c1.[Pt]. The largest absolute Gasteiger partial charge is 0.523 e. The molecule has 2 aliphatic rings. The number of aliphatic imine (C=N–C) groups is 1. The number of rotatable bonds is 3. The number of phenolic OH excluding ortho intramolecular Hbond substituents is 1. The fourth-order valence-corrected chi connectivity index (χ4v) is 5.41. The van der Waals surface area contributed by atoms with Gasteiger partial charge in [-0.15, -0.1) is 17.7 Å². The van der Waals surface area contributed by atoms with Gasteiger partial charge in [0.15, 0.2) is 5.88 Å². The Labute approximate surface area is 223 Å². The van der Waals surface area contributed by atoms with Gasteiger partial charge in [-0.3, -0.25) is 4.98 Å². The Kier molecular flexibility index (Phi) is 5.49. The average Bonchev–Trinajstić information content (AvgIpc) is 3.18. The fourth-order valence-electron chi connectivity index (χ4n) is 5.41. The summed E-state index contributed by atoms with van der Waals surface area (Å²) in [6, 6.07) is 14.2. The average molecular weight is 661 g/mol. The zero-order valence-corrected chi connectivity index (χ0v) is 22.8. The van der Waals surface area contributed by atoms with Gasteiger partial charge in [-0.2, -0.15) is 0 Å². The van der Waals surface area contributed by atoms with Crippen molar-refractivity contribution in [3.63, 3.8) is 0 Å². The number of aromatic hydroxyl groups is 1. The van der Waals surface area contributed by atoms with Crippen LogP contribution < -0.4 is 4.74 Å². The normalized spacial score (nSPS) is 23.3. The molecule has 4 aromatic rings. The van der Waals surface area contributed by atoms with E-state index < -0.39 is 11.1 Å². The fraction of sp³-hybridized carbons (Fsp3) is 0.286. The second-order valence-corrected chi connectivity index (χ2v) is 10.1. The second kappa shape index (κ2) is 8.10. The first-order valence-electron chi connectivity index (χ1n) is 11.5. The Morgan fingerprint density at radius 3 is 2.61 bits per heavy atom. The van der Waals surface area contributed by atoms with E-state index in [1.165, 1.54) is 0 Å². The first-order chi connectivity index (χ1) is 16.6. The maximum absolute atomic E-state index is 10.3. The van der Waals surface area contributed by atoms with Crippen LogP contribution in [0.4, 0.5) is 0 Å². The predicted molar refractivity (Wildman–Crippen MR) is 132 cm³/mol. The quantitative estimate of drug-likeness (QED) is 0.298. The molecule has 3 aromatic heterocycles. The van der Waals surface area contributed by atoms with E-state index in [-0.39, 0.29) is 38.1 Å². The Hall–Kier alpha value is -3.31. The standard InChI is InChI=1S/C28H25N4O3.Pt/c1-16-12-17-6-7-22(31-24(17)21(33)13-16)34-23-14-18(8-11-30-23)25-32-28(5)26(2,3)20-15-29-10-9-19(20)27(28,4)35-25;/h6-13,15,33H,1-5H3;/q-1;/t27-,28+;/m1./s1. The van der Waals surface area contributed by atoms with Gasteiger partial charge in [0.05, 0.1) is 5.54 Å². The monoisotopic (exact) mass is 660 g/mol. The van der Waals surface area contributed by atoms with Crippen molar-refractivity contribution in [2.24, 2.45) is 4.99 Å². The zero-order chi connectivity index (χ0) is 24.6. The van der Waals surface area contributed by atoms with Crippen molar-refractivity contribution in [3.05, 3.63) is 83.3 Å². The van der Waals surface area contributed by atoms with Gasteiger partial charge in [0, 0.05) is 55.9 Å². The summed E-state index contributed by atoms with van der Waals surface area (Å²) in [6.45, 7) is 10.5. The summed E-state index contributed by atoms with van der Waals surface area (Å²) in [5, 5.41) is 11.1. The van der Waals surface area contributed by atoms with Gasteiger partial charge in [0.2, 0.25) is 5.88 Å². The molecule has 4 heterocycles. The third kappa shape index (κ3) is 3.29. The van der Waals surface area contributed by atoms with Crippen LogP contribution in [0.1, 0.15) is 49.9 Å². The minimum absolute atomic E-state index is 0. The van der Waals surface area contributed by atoms with Crippen molar-refractivity contribution < 1.29 is 35.6 Å². The molecule has 0 unspecified atom stereocenters. The van der Waals surface area contributed by atoms with Crippen LogP contribution >= 0.6 is 0 Å². The van der Waals surface area contributed by atoms with Crippen LogP contribution in [0.3, 0.4) is 0 Å². The van der Waals surface area contributed by atoms with Gasteiger partial charge in [0.25, 0.3) is 0 Å². The van der Waals surface area contributed by atoms with E-state index in [1.807, 2.05) is 37.4 Å². The van der Waals surface area contributed by atoms with Crippen LogP contribution in [0, 0.1) is 13.0 Å². The Morgan fingerprint density at radius 2 is 1.81 bits per heavy atom. The van der Waals surface area contributed by atoms with Crippen LogP contribution in [-0.2, 0) is 36.8 Å². The minimum Gasteiger partial charge on any atom is -0.523 e. The third-order valence-corrected chi connectivity index (χ3v) is 7.78. The number of pyridine rings is 3. The molecule has 7 nitrogen and oxygen atoms in total. The maximum Gasteiger partial charge on any atom is 0.220 e. The molecule has 186 valence electrons. The van der Waals surface area contributed by atoms with E-state index in [0.717, 1.165) is 22.1 Å². The Bertz CT molecular complexity index is 1550. The van der Waals surface area contributed by atoms with Gasteiger partial charge in [0.1, 0.15) is 22.8 Å². The number of benzene rings is 1. The van der Waals surface area contributed by atoms with Gasteiger partial charge >= 0.3 is 0 Å². The van der Waals surface area contributed by atoms with Gasteiger partial charge in [-0.1, -0.05) is 13.8 Å². The number of fused-ring (bicyclic) bond motifs is 4. The molecule has 0 bridgehead atoms. The number of aromatic nitrogens is 3. The molecular formula is C28H25N4O3Pt-. The molecule has 0 fully saturated rings. The molecule has 1 aromatic carbocycles. The summed E-state index contributed by atoms with van der Waals surface area (Å²) < 4.78 is 12.5. The number of aryl methyl sites for hydroxylation is 1. The van der Waals surface area contributed by atoms with E-state index in [0.29, 0.717) is 22.9 Å². The number of hydrogen-bond acceptors (Lipinski definition) is 7. The molecule has 1 N–H and O–H groups in total. The van der Waals surface area contributed by atoms with Crippen molar-refractivity contribution in [1.29, 1.82) is 0 Å². The smallest absolute Gasteiger partial charge is 0.220 e. The molecule has 0 saturated carbocycles. The van der Waals surface area contributed by atoms with Gasteiger partial charge in [-0.25, -0.2) is 9.97 Å². The predicted octanol–water partition coefficient (Wildman–Crippen LogP) is 5.37.